The third kappa shape index (κ3) is 10.9. The maximum Gasteiger partial charge on any atom is 0.404 e. The zero-order chi connectivity index (χ0) is 38.6. The summed E-state index contributed by atoms with van der Waals surface area (Å²) in [5.74, 6) is 1.59. The van der Waals surface area contributed by atoms with Crippen LogP contribution < -0.4 is 9.47 Å². The van der Waals surface area contributed by atoms with Crippen LogP contribution in [-0.4, -0.2) is 31.8 Å². The number of ether oxygens (including phenoxy) is 3. The number of hydrogen-bond donors (Lipinski definition) is 1. The number of alkyl halides is 3. The average molecular weight is 713 g/mol. The second-order valence-corrected chi connectivity index (χ2v) is 18.4. The molecule has 0 aliphatic rings. The van der Waals surface area contributed by atoms with E-state index in [0.29, 0.717) is 17.4 Å². The Balaban J connectivity index is 1.87. The third-order valence-corrected chi connectivity index (χ3v) is 10.8. The fourth-order valence-electron chi connectivity index (χ4n) is 7.25. The molecule has 0 aromatic heterocycles. The van der Waals surface area contributed by atoms with Gasteiger partial charge in [-0.15, -0.1) is 0 Å². The first-order valence-electron chi connectivity index (χ1n) is 18.1. The number of hydrogen-bond acceptors (Lipinski definition) is 4. The van der Waals surface area contributed by atoms with Gasteiger partial charge in [0.05, 0.1) is 7.11 Å². The fraction of sp³-hybridized carbons (Fsp3) is 0.591. The van der Waals surface area contributed by atoms with E-state index in [0.717, 1.165) is 38.2 Å². The van der Waals surface area contributed by atoms with Crippen LogP contribution in [0, 0.1) is 21.7 Å². The summed E-state index contributed by atoms with van der Waals surface area (Å²) in [7, 11) is 2.71. The Bertz CT molecular complexity index is 1510. The molecule has 0 aliphatic heterocycles. The Hall–Kier alpha value is -3.19. The lowest BCUT2D eigenvalue weighted by molar-refractivity contribution is -0.251. The van der Waals surface area contributed by atoms with E-state index in [1.807, 2.05) is 12.1 Å². The molecule has 0 saturated heterocycles. The van der Waals surface area contributed by atoms with Crippen molar-refractivity contribution in [3.8, 4) is 17.2 Å². The molecule has 3 aromatic carbocycles. The van der Waals surface area contributed by atoms with Gasteiger partial charge in [0, 0.05) is 7.11 Å². The summed E-state index contributed by atoms with van der Waals surface area (Å²) < 4.78 is 60.8. The van der Waals surface area contributed by atoms with Crippen LogP contribution in [0.5, 0.6) is 17.2 Å². The quantitative estimate of drug-likeness (QED) is 0.159. The largest absolute Gasteiger partial charge is 0.508 e. The Morgan fingerprint density at radius 1 is 0.608 bits per heavy atom. The lowest BCUT2D eigenvalue weighted by atomic mass is 9.63. The van der Waals surface area contributed by atoms with Gasteiger partial charge in [-0.1, -0.05) is 106 Å². The van der Waals surface area contributed by atoms with Gasteiger partial charge in [-0.2, -0.15) is 13.2 Å². The van der Waals surface area contributed by atoms with Crippen molar-refractivity contribution in [2.24, 2.45) is 21.7 Å². The molecule has 1 N–H and O–H groups in total. The Morgan fingerprint density at radius 3 is 1.55 bits per heavy atom. The van der Waals surface area contributed by atoms with Gasteiger partial charge in [-0.3, -0.25) is 0 Å². The van der Waals surface area contributed by atoms with E-state index in [1.165, 1.54) is 44.0 Å². The van der Waals surface area contributed by atoms with Gasteiger partial charge in [-0.05, 0) is 119 Å². The van der Waals surface area contributed by atoms with Crippen molar-refractivity contribution >= 4 is 0 Å². The summed E-state index contributed by atoms with van der Waals surface area (Å²) in [6.07, 6.45) is -2.29. The van der Waals surface area contributed by atoms with Gasteiger partial charge in [0.15, 0.2) is 5.41 Å². The molecule has 4 unspecified atom stereocenters. The van der Waals surface area contributed by atoms with Crippen molar-refractivity contribution < 1.29 is 32.5 Å². The van der Waals surface area contributed by atoms with E-state index in [9.17, 15) is 18.3 Å². The minimum Gasteiger partial charge on any atom is -0.508 e. The molecule has 7 heteroatoms. The summed E-state index contributed by atoms with van der Waals surface area (Å²) >= 11 is 0. The van der Waals surface area contributed by atoms with E-state index in [4.69, 9.17) is 14.2 Å². The van der Waals surface area contributed by atoms with E-state index in [-0.39, 0.29) is 38.9 Å². The first kappa shape index (κ1) is 42.2. The molecule has 0 heterocycles. The van der Waals surface area contributed by atoms with Crippen molar-refractivity contribution in [2.75, 3.05) is 14.2 Å². The van der Waals surface area contributed by atoms with Crippen molar-refractivity contribution in [2.45, 2.75) is 132 Å². The minimum absolute atomic E-state index is 0.0195. The number of aromatic hydroxyl groups is 1. The average Bonchev–Trinajstić information content (AvgIpc) is 3.03. The molecule has 4 nitrogen and oxygen atoms in total. The molecule has 0 fully saturated rings. The summed E-state index contributed by atoms with van der Waals surface area (Å²) in [6, 6.07) is 21.0. The van der Waals surface area contributed by atoms with Crippen LogP contribution >= 0.6 is 0 Å². The number of benzene rings is 3. The molecular formula is C44H63F3O4. The van der Waals surface area contributed by atoms with Crippen molar-refractivity contribution in [1.82, 2.24) is 0 Å². The number of methoxy groups -OCH3 is 2. The summed E-state index contributed by atoms with van der Waals surface area (Å²) in [5.41, 5.74) is 0.0568. The lowest BCUT2D eigenvalue weighted by Gasteiger charge is -2.42. The van der Waals surface area contributed by atoms with Gasteiger partial charge in [0.1, 0.15) is 17.2 Å². The van der Waals surface area contributed by atoms with E-state index >= 15 is 0 Å². The Morgan fingerprint density at radius 2 is 1.10 bits per heavy atom. The fourth-order valence-corrected chi connectivity index (χ4v) is 7.25. The van der Waals surface area contributed by atoms with Gasteiger partial charge in [0.2, 0.25) is 6.29 Å². The van der Waals surface area contributed by atoms with Gasteiger partial charge in [0.25, 0.3) is 0 Å². The molecule has 3 rings (SSSR count). The summed E-state index contributed by atoms with van der Waals surface area (Å²) in [4.78, 5) is 0. The van der Waals surface area contributed by atoms with Crippen LogP contribution in [0.4, 0.5) is 13.2 Å². The zero-order valence-electron chi connectivity index (χ0n) is 33.3. The number of rotatable bonds is 15. The van der Waals surface area contributed by atoms with Gasteiger partial charge < -0.3 is 19.3 Å². The molecule has 4 atom stereocenters. The monoisotopic (exact) mass is 712 g/mol. The van der Waals surface area contributed by atoms with Crippen LogP contribution in [0.3, 0.4) is 0 Å². The van der Waals surface area contributed by atoms with E-state index in [1.54, 1.807) is 24.3 Å². The van der Waals surface area contributed by atoms with Crippen LogP contribution in [0.2, 0.25) is 0 Å². The third-order valence-electron chi connectivity index (χ3n) is 10.8. The highest BCUT2D eigenvalue weighted by Crippen LogP contribution is 2.51. The van der Waals surface area contributed by atoms with Gasteiger partial charge >= 0.3 is 6.18 Å². The predicted octanol–water partition coefficient (Wildman–Crippen LogP) is 12.8. The molecule has 284 valence electrons. The van der Waals surface area contributed by atoms with Gasteiger partial charge in [-0.25, -0.2) is 0 Å². The summed E-state index contributed by atoms with van der Waals surface area (Å²) in [5, 5.41) is 9.90. The standard InChI is InChI=1S/C44H63F3O4/c1-39(2,3)28-37(42(9,10)27-26-41(7,8)29-36(40(4,5)6)30-14-20-33(48)21-15-30)31-16-22-35(23-17-31)51-38(50-13)43(11,44(45,46)47)32-18-24-34(49-12)25-19-32/h14-25,36-38,48H,26-29H2,1-13H3. The Kier molecular flexibility index (Phi) is 13.1. The van der Waals surface area contributed by atoms with Crippen molar-refractivity contribution in [3.63, 3.8) is 0 Å². The number of phenolic OH excluding ortho intramolecular Hbond substituents is 1. The second-order valence-electron chi connectivity index (χ2n) is 18.4. The summed E-state index contributed by atoms with van der Waals surface area (Å²) in [6.45, 7) is 24.1. The predicted molar refractivity (Wildman–Crippen MR) is 203 cm³/mol. The van der Waals surface area contributed by atoms with Crippen molar-refractivity contribution in [1.29, 1.82) is 0 Å². The highest BCUT2D eigenvalue weighted by molar-refractivity contribution is 5.36. The van der Waals surface area contributed by atoms with Crippen LogP contribution in [0.1, 0.15) is 130 Å². The second kappa shape index (κ2) is 15.8. The maximum atomic E-state index is 14.8. The minimum atomic E-state index is -4.66. The van der Waals surface area contributed by atoms with E-state index < -0.39 is 17.9 Å². The highest BCUT2D eigenvalue weighted by Gasteiger charge is 2.59. The molecule has 3 aromatic rings. The molecule has 0 radical (unpaired) electrons. The maximum absolute atomic E-state index is 14.8. The lowest BCUT2D eigenvalue weighted by Crippen LogP contribution is -2.52. The molecule has 0 saturated carbocycles. The zero-order valence-corrected chi connectivity index (χ0v) is 33.3. The molecule has 0 amide bonds. The Labute approximate surface area is 306 Å². The molecule has 0 aliphatic carbocycles. The van der Waals surface area contributed by atoms with Crippen molar-refractivity contribution in [3.05, 3.63) is 89.5 Å². The van der Waals surface area contributed by atoms with E-state index in [2.05, 4.69) is 81.4 Å². The molecule has 0 bridgehead atoms. The molecule has 0 spiro atoms. The SMILES string of the molecule is COc1ccc(C(C)(C(OC)Oc2ccc(C(CC(C)(C)C)C(C)(C)CCC(C)(C)CC(c3ccc(O)cc3)C(C)(C)C)cc2)C(F)(F)F)cc1. The smallest absolute Gasteiger partial charge is 0.404 e. The molecule has 51 heavy (non-hydrogen) atoms. The highest BCUT2D eigenvalue weighted by atomic mass is 19.4. The van der Waals surface area contributed by atoms with Crippen LogP contribution in [-0.2, 0) is 10.2 Å². The van der Waals surface area contributed by atoms with Crippen LogP contribution in [0.15, 0.2) is 72.8 Å². The first-order valence-corrected chi connectivity index (χ1v) is 18.1. The first-order chi connectivity index (χ1) is 23.3. The normalized spacial score (nSPS) is 16.2. The number of phenols is 1. The van der Waals surface area contributed by atoms with Crippen LogP contribution in [0.25, 0.3) is 0 Å². The molecular weight excluding hydrogens is 649 g/mol. The number of halogens is 3. The topological polar surface area (TPSA) is 47.9 Å².